The van der Waals surface area contributed by atoms with Gasteiger partial charge in [-0.05, 0) is 24.5 Å². The maximum absolute atomic E-state index is 11.3. The summed E-state index contributed by atoms with van der Waals surface area (Å²) in [6.45, 7) is 5.83. The molecule has 1 rings (SSSR count). The number of aromatic nitrogens is 1. The van der Waals surface area contributed by atoms with Gasteiger partial charge in [-0.15, -0.1) is 0 Å². The second kappa shape index (κ2) is 7.06. The summed E-state index contributed by atoms with van der Waals surface area (Å²) in [5.41, 5.74) is 5.62. The second-order valence-corrected chi connectivity index (χ2v) is 4.33. The van der Waals surface area contributed by atoms with E-state index < -0.39 is 0 Å². The summed E-state index contributed by atoms with van der Waals surface area (Å²) in [5.74, 6) is 0.645. The molecule has 2 N–H and O–H groups in total. The zero-order valence-electron chi connectivity index (χ0n) is 10.1. The number of rotatable bonds is 7. The highest BCUT2D eigenvalue weighted by molar-refractivity contribution is 5.75. The fourth-order valence-electron chi connectivity index (χ4n) is 1.35. The number of hydrazine groups is 1. The highest BCUT2D eigenvalue weighted by atomic mass is 16.2. The Kier molecular flexibility index (Phi) is 5.64. The van der Waals surface area contributed by atoms with E-state index in [9.17, 15) is 4.79 Å². The van der Waals surface area contributed by atoms with Crippen molar-refractivity contribution >= 4 is 5.91 Å². The van der Waals surface area contributed by atoms with Crippen LogP contribution in [0.5, 0.6) is 0 Å². The zero-order valence-corrected chi connectivity index (χ0v) is 10.1. The molecule has 4 heteroatoms. The molecule has 0 spiro atoms. The first-order chi connectivity index (χ1) is 7.68. The Hall–Kier alpha value is -1.29. The molecule has 0 radical (unpaired) electrons. The number of nitrogens with zero attached hydrogens (tertiary/aromatic N) is 1. The van der Waals surface area contributed by atoms with Crippen LogP contribution in [-0.4, -0.2) is 17.0 Å². The zero-order chi connectivity index (χ0) is 11.8. The fraction of sp³-hybridized carbons (Fsp3) is 0.583. The van der Waals surface area contributed by atoms with Crippen LogP contribution in [0.25, 0.3) is 0 Å². The van der Waals surface area contributed by atoms with Crippen LogP contribution in [0.15, 0.2) is 24.5 Å². The van der Waals surface area contributed by atoms with Gasteiger partial charge in [-0.25, -0.2) is 5.43 Å². The fourth-order valence-corrected chi connectivity index (χ4v) is 1.35. The lowest BCUT2D eigenvalue weighted by Gasteiger charge is -2.08. The molecule has 1 aromatic heterocycles. The standard InChI is InChI=1S/C12H21N3O/c1-11(2)5-6-12(16)14-13-7-10-15-8-3-4-9-15/h3-4,8-9,11,13H,5-7,10H2,1-2H3,(H,14,16). The third-order valence-electron chi connectivity index (χ3n) is 2.34. The second-order valence-electron chi connectivity index (χ2n) is 4.33. The molecule has 0 aliphatic rings. The molecule has 0 fully saturated rings. The van der Waals surface area contributed by atoms with Crippen molar-refractivity contribution < 1.29 is 4.79 Å². The third-order valence-corrected chi connectivity index (χ3v) is 2.34. The number of nitrogens with one attached hydrogen (secondary N) is 2. The van der Waals surface area contributed by atoms with Gasteiger partial charge in [0.2, 0.25) is 5.91 Å². The van der Waals surface area contributed by atoms with Crippen LogP contribution in [0.3, 0.4) is 0 Å². The minimum atomic E-state index is 0.0706. The van der Waals surface area contributed by atoms with Gasteiger partial charge in [0.05, 0.1) is 0 Å². The molecule has 0 aliphatic carbocycles. The van der Waals surface area contributed by atoms with Crippen molar-refractivity contribution in [2.24, 2.45) is 5.92 Å². The van der Waals surface area contributed by atoms with E-state index in [4.69, 9.17) is 0 Å². The molecule has 1 heterocycles. The number of carbonyl (C=O) groups excluding carboxylic acids is 1. The van der Waals surface area contributed by atoms with Gasteiger partial charge in [0.15, 0.2) is 0 Å². The van der Waals surface area contributed by atoms with E-state index in [1.54, 1.807) is 0 Å². The SMILES string of the molecule is CC(C)CCC(=O)NNCCn1cccc1. The van der Waals surface area contributed by atoms with E-state index in [0.717, 1.165) is 19.5 Å². The average Bonchev–Trinajstić information content (AvgIpc) is 2.74. The first kappa shape index (κ1) is 12.8. The Labute approximate surface area is 97.0 Å². The summed E-state index contributed by atoms with van der Waals surface area (Å²) in [4.78, 5) is 11.3. The van der Waals surface area contributed by atoms with Crippen molar-refractivity contribution in [3.8, 4) is 0 Å². The Bertz CT molecular complexity index is 293. The molecule has 4 nitrogen and oxygen atoms in total. The highest BCUT2D eigenvalue weighted by Crippen LogP contribution is 2.02. The van der Waals surface area contributed by atoms with E-state index in [1.165, 1.54) is 0 Å². The van der Waals surface area contributed by atoms with E-state index in [1.807, 2.05) is 24.5 Å². The molecule has 90 valence electrons. The molecule has 16 heavy (non-hydrogen) atoms. The molecule has 0 unspecified atom stereocenters. The lowest BCUT2D eigenvalue weighted by Crippen LogP contribution is -2.39. The van der Waals surface area contributed by atoms with Gasteiger partial charge in [0.25, 0.3) is 0 Å². The predicted octanol–water partition coefficient (Wildman–Crippen LogP) is 1.55. The minimum absolute atomic E-state index is 0.0706. The van der Waals surface area contributed by atoms with Crippen molar-refractivity contribution in [2.45, 2.75) is 33.2 Å². The van der Waals surface area contributed by atoms with Crippen molar-refractivity contribution in [1.82, 2.24) is 15.4 Å². The van der Waals surface area contributed by atoms with Crippen LogP contribution < -0.4 is 10.9 Å². The average molecular weight is 223 g/mol. The van der Waals surface area contributed by atoms with Crippen molar-refractivity contribution in [3.05, 3.63) is 24.5 Å². The summed E-state index contributed by atoms with van der Waals surface area (Å²) in [5, 5.41) is 0. The molecule has 0 bridgehead atoms. The lowest BCUT2D eigenvalue weighted by molar-refractivity contribution is -0.122. The molecule has 0 aliphatic heterocycles. The summed E-state index contributed by atoms with van der Waals surface area (Å²) >= 11 is 0. The van der Waals surface area contributed by atoms with Crippen molar-refractivity contribution in [3.63, 3.8) is 0 Å². The topological polar surface area (TPSA) is 46.1 Å². The highest BCUT2D eigenvalue weighted by Gasteiger charge is 2.01. The van der Waals surface area contributed by atoms with Gasteiger partial charge in [-0.1, -0.05) is 13.8 Å². The van der Waals surface area contributed by atoms with Gasteiger partial charge in [0.1, 0.15) is 0 Å². The molecular weight excluding hydrogens is 202 g/mol. The van der Waals surface area contributed by atoms with E-state index in [2.05, 4.69) is 29.3 Å². The molecule has 0 saturated heterocycles. The molecule has 0 atom stereocenters. The van der Waals surface area contributed by atoms with Crippen LogP contribution in [0.1, 0.15) is 26.7 Å². The predicted molar refractivity (Wildman–Crippen MR) is 64.6 cm³/mol. The maximum atomic E-state index is 11.3. The molecule has 0 aromatic carbocycles. The summed E-state index contributed by atoms with van der Waals surface area (Å²) in [6, 6.07) is 3.97. The molecule has 0 saturated carbocycles. The normalized spacial score (nSPS) is 10.7. The van der Waals surface area contributed by atoms with Gasteiger partial charge in [0, 0.05) is 31.9 Å². The number of hydrogen-bond acceptors (Lipinski definition) is 2. The first-order valence-electron chi connectivity index (χ1n) is 5.81. The third kappa shape index (κ3) is 5.56. The van der Waals surface area contributed by atoms with Crippen LogP contribution in [0, 0.1) is 5.92 Å². The van der Waals surface area contributed by atoms with Gasteiger partial charge < -0.3 is 4.57 Å². The number of carbonyl (C=O) groups is 1. The molecular formula is C12H21N3O. The summed E-state index contributed by atoms with van der Waals surface area (Å²) < 4.78 is 2.06. The van der Waals surface area contributed by atoms with Gasteiger partial charge in [-0.2, -0.15) is 0 Å². The Morgan fingerprint density at radius 1 is 1.31 bits per heavy atom. The Morgan fingerprint density at radius 2 is 2.00 bits per heavy atom. The first-order valence-corrected chi connectivity index (χ1v) is 5.81. The largest absolute Gasteiger partial charge is 0.353 e. The van der Waals surface area contributed by atoms with E-state index in [-0.39, 0.29) is 5.91 Å². The van der Waals surface area contributed by atoms with Crippen LogP contribution in [0.4, 0.5) is 0 Å². The summed E-state index contributed by atoms with van der Waals surface area (Å²) in [7, 11) is 0. The minimum Gasteiger partial charge on any atom is -0.353 e. The Morgan fingerprint density at radius 3 is 2.62 bits per heavy atom. The van der Waals surface area contributed by atoms with Gasteiger partial charge >= 0.3 is 0 Å². The number of hydrogen-bond donors (Lipinski definition) is 2. The monoisotopic (exact) mass is 223 g/mol. The van der Waals surface area contributed by atoms with Crippen LogP contribution in [-0.2, 0) is 11.3 Å². The number of amides is 1. The Balaban J connectivity index is 2.00. The van der Waals surface area contributed by atoms with E-state index in [0.29, 0.717) is 12.3 Å². The summed E-state index contributed by atoms with van der Waals surface area (Å²) in [6.07, 6.45) is 5.53. The van der Waals surface area contributed by atoms with Crippen molar-refractivity contribution in [2.75, 3.05) is 6.54 Å². The molecule has 1 amide bonds. The van der Waals surface area contributed by atoms with Gasteiger partial charge in [-0.3, -0.25) is 10.2 Å². The molecule has 1 aromatic rings. The van der Waals surface area contributed by atoms with Crippen LogP contribution >= 0.6 is 0 Å². The van der Waals surface area contributed by atoms with Crippen LogP contribution in [0.2, 0.25) is 0 Å². The van der Waals surface area contributed by atoms with Crippen molar-refractivity contribution in [1.29, 1.82) is 0 Å². The smallest absolute Gasteiger partial charge is 0.234 e. The maximum Gasteiger partial charge on any atom is 0.234 e. The quantitative estimate of drug-likeness (QED) is 0.544. The lowest BCUT2D eigenvalue weighted by atomic mass is 10.1. The van der Waals surface area contributed by atoms with E-state index >= 15 is 0 Å².